The van der Waals surface area contributed by atoms with E-state index in [1.165, 1.54) is 82.8 Å². The lowest BCUT2D eigenvalue weighted by Crippen LogP contribution is -2.63. The normalized spacial score (nSPS) is 25.2. The van der Waals surface area contributed by atoms with Crippen LogP contribution in [-0.2, 0) is 63.2 Å². The molecule has 12 atom stereocenters. The largest absolute Gasteiger partial charge is 0.451 e. The van der Waals surface area contributed by atoms with Crippen LogP contribution in [0, 0.1) is 35.5 Å². The molecular formula is C70H117N11O14S. The number of thioether (sulfide) groups is 1. The summed E-state index contributed by atoms with van der Waals surface area (Å²) in [6, 6.07) is -4.03. The Hall–Kier alpha value is -7.09. The molecule has 542 valence electrons. The van der Waals surface area contributed by atoms with E-state index in [0.717, 1.165) is 32.0 Å². The van der Waals surface area contributed by atoms with Crippen molar-refractivity contribution in [2.45, 2.75) is 234 Å². The standard InChI is InChI=1S/C70H117N11O14S/c1-25-27-31-45(13)58(83)57-62(87)73-49(26-2)64(89)75(18)38-54(82)76(19)53(37-70(16,17)95-69(94)96-39-48-32-29-28-30-33-48)61(86)74-55(43(9)10)67(92)77(20)50(34-40(3)4)60(85)71-46(14)59(84)72-47(15)63(88)78(21)51(35-41(5)6)65(90)79(22)52(36-42(7)8)66(91)80(23)56(44(11)12)68(93)81(57)24/h25,27-30,32-33,40-47,49-53,55-58,83H,26,31,34-39H2,1-24H3,(H,71,85)(H,72,84)(H,73,87)(H,74,86)/b27-25+/t45?,46-,47+,49-,50-,51-,52-,53-,55-,56-,57-,58?/m0/s1. The Morgan fingerprint density at radius 2 is 1.05 bits per heavy atom. The molecule has 1 fully saturated rings. The Morgan fingerprint density at radius 1 is 0.573 bits per heavy atom. The lowest BCUT2D eigenvalue weighted by atomic mass is 9.91. The van der Waals surface area contributed by atoms with E-state index in [1.54, 1.807) is 74.5 Å². The van der Waals surface area contributed by atoms with Gasteiger partial charge in [-0.05, 0) is 120 Å². The van der Waals surface area contributed by atoms with Crippen molar-refractivity contribution in [2.75, 3.05) is 55.9 Å². The zero-order valence-electron chi connectivity index (χ0n) is 61.8. The minimum absolute atomic E-state index is 0.0381. The number of rotatable bonds is 18. The summed E-state index contributed by atoms with van der Waals surface area (Å²) in [6.07, 6.45) is 2.29. The molecule has 1 saturated heterocycles. The number of carbonyl (C=O) groups is 12. The van der Waals surface area contributed by atoms with Gasteiger partial charge in [0.05, 0.1) is 12.6 Å². The van der Waals surface area contributed by atoms with Crippen LogP contribution in [0.15, 0.2) is 42.5 Å². The van der Waals surface area contributed by atoms with E-state index in [9.17, 15) is 43.5 Å². The van der Waals surface area contributed by atoms with Gasteiger partial charge in [-0.3, -0.25) is 52.7 Å². The van der Waals surface area contributed by atoms with Crippen LogP contribution in [-0.4, -0.2) is 238 Å². The fourth-order valence-electron chi connectivity index (χ4n) is 11.7. The zero-order valence-corrected chi connectivity index (χ0v) is 62.6. The van der Waals surface area contributed by atoms with Crippen LogP contribution in [0.3, 0.4) is 0 Å². The number of aliphatic hydroxyl groups is 1. The van der Waals surface area contributed by atoms with Crippen molar-refractivity contribution in [3.63, 3.8) is 0 Å². The Kier molecular flexibility index (Phi) is 34.3. The second kappa shape index (κ2) is 38.7. The number of nitrogens with zero attached hydrogens (tertiary/aromatic N) is 7. The van der Waals surface area contributed by atoms with Crippen LogP contribution in [0.2, 0.25) is 0 Å². The van der Waals surface area contributed by atoms with E-state index in [0.29, 0.717) is 0 Å². The number of amides is 11. The SMILES string of the molecule is C/C=C/CC(C)C(O)[C@H]1C(=O)N[C@@H](CC)C(=O)N(C)CC(=O)N(C)[C@@H](CC(C)(C)OC(=O)SCc2ccccc2)C(=O)N[C@@H](C(C)C)C(=O)N(C)[C@@H](CC(C)C)C(=O)N[C@@H](C)C(=O)N[C@H](C)C(=O)N(C)[C@@H](CC(C)C)C(=O)N(C)[C@@H](CC(C)C)C(=O)N(C)[C@@H](C(C)C)C(=O)N1C. The van der Waals surface area contributed by atoms with E-state index in [4.69, 9.17) is 4.74 Å². The van der Waals surface area contributed by atoms with Gasteiger partial charge >= 0.3 is 5.30 Å². The third kappa shape index (κ3) is 24.5. The van der Waals surface area contributed by atoms with Crippen LogP contribution < -0.4 is 21.3 Å². The predicted molar refractivity (Wildman–Crippen MR) is 372 cm³/mol. The van der Waals surface area contributed by atoms with Crippen LogP contribution >= 0.6 is 11.8 Å². The van der Waals surface area contributed by atoms with E-state index >= 15 is 19.2 Å². The molecule has 0 saturated carbocycles. The molecule has 0 bridgehead atoms. The molecule has 26 heteroatoms. The van der Waals surface area contributed by atoms with Gasteiger partial charge in [0, 0.05) is 61.5 Å². The molecule has 1 heterocycles. The van der Waals surface area contributed by atoms with Gasteiger partial charge in [-0.25, -0.2) is 4.79 Å². The third-order valence-corrected chi connectivity index (χ3v) is 18.4. The number of allylic oxidation sites excluding steroid dienone is 2. The Morgan fingerprint density at radius 3 is 1.55 bits per heavy atom. The minimum Gasteiger partial charge on any atom is -0.451 e. The van der Waals surface area contributed by atoms with Crippen molar-refractivity contribution in [1.29, 1.82) is 0 Å². The second-order valence-corrected chi connectivity index (χ2v) is 29.5. The molecule has 2 rings (SSSR count). The lowest BCUT2D eigenvalue weighted by molar-refractivity contribution is -0.157. The molecule has 1 aromatic carbocycles. The molecule has 0 radical (unpaired) electrons. The summed E-state index contributed by atoms with van der Waals surface area (Å²) in [4.78, 5) is 184. The van der Waals surface area contributed by atoms with Crippen molar-refractivity contribution >= 4 is 82.0 Å². The summed E-state index contributed by atoms with van der Waals surface area (Å²) in [5.41, 5.74) is -0.601. The topological polar surface area (TPSA) is 305 Å². The van der Waals surface area contributed by atoms with Gasteiger partial charge < -0.3 is 65.4 Å². The predicted octanol–water partition coefficient (Wildman–Crippen LogP) is 5.46. The minimum atomic E-state index is -1.66. The van der Waals surface area contributed by atoms with Gasteiger partial charge in [-0.1, -0.05) is 126 Å². The molecule has 25 nitrogen and oxygen atoms in total. The molecule has 96 heavy (non-hydrogen) atoms. The first-order chi connectivity index (χ1) is 44.5. The average molecular weight is 1370 g/mol. The van der Waals surface area contributed by atoms with Crippen LogP contribution in [0.4, 0.5) is 4.79 Å². The van der Waals surface area contributed by atoms with Crippen molar-refractivity contribution in [2.24, 2.45) is 35.5 Å². The fraction of sp³-hybridized carbons (Fsp3) is 0.714. The maximum atomic E-state index is 15.3. The van der Waals surface area contributed by atoms with E-state index in [2.05, 4.69) is 21.3 Å². The number of benzene rings is 1. The Bertz CT molecular complexity index is 2850. The van der Waals surface area contributed by atoms with Gasteiger partial charge in [0.2, 0.25) is 65.0 Å². The first-order valence-corrected chi connectivity index (χ1v) is 34.7. The molecule has 0 aliphatic carbocycles. The highest BCUT2D eigenvalue weighted by molar-refractivity contribution is 8.12. The quantitative estimate of drug-likeness (QED) is 0.0900. The first-order valence-electron chi connectivity index (χ1n) is 33.7. The first kappa shape index (κ1) is 85.0. The Balaban J connectivity index is 3.03. The molecule has 11 amide bonds. The van der Waals surface area contributed by atoms with Crippen molar-refractivity contribution in [3.05, 3.63) is 48.0 Å². The number of carbonyl (C=O) groups excluding carboxylic acids is 12. The van der Waals surface area contributed by atoms with Gasteiger partial charge in [-0.2, -0.15) is 0 Å². The smallest absolute Gasteiger partial charge is 0.368 e. The second-order valence-electron chi connectivity index (χ2n) is 28.6. The van der Waals surface area contributed by atoms with Gasteiger partial charge in [0.1, 0.15) is 66.0 Å². The van der Waals surface area contributed by atoms with Gasteiger partial charge in [0.15, 0.2) is 0 Å². The highest BCUT2D eigenvalue weighted by Gasteiger charge is 2.46. The molecule has 1 aromatic rings. The van der Waals surface area contributed by atoms with Gasteiger partial charge in [0.25, 0.3) is 0 Å². The Labute approximate surface area is 576 Å². The number of ether oxygens (including phenoxy) is 1. The molecule has 2 unspecified atom stereocenters. The fourth-order valence-corrected chi connectivity index (χ4v) is 12.4. The van der Waals surface area contributed by atoms with E-state index < -0.39 is 167 Å². The molecular weight excluding hydrogens is 1250 g/mol. The summed E-state index contributed by atoms with van der Waals surface area (Å²) in [6.45, 7) is 28.3. The highest BCUT2D eigenvalue weighted by atomic mass is 32.2. The number of likely N-dealkylation sites (N-methyl/N-ethyl adjacent to an activating group) is 7. The average Bonchev–Trinajstić information content (AvgIpc) is 0.807. The van der Waals surface area contributed by atoms with E-state index in [-0.39, 0.29) is 62.0 Å². The summed E-state index contributed by atoms with van der Waals surface area (Å²) >= 11 is 0.890. The number of aliphatic hydroxyl groups excluding tert-OH is 1. The van der Waals surface area contributed by atoms with Crippen molar-refractivity contribution < 1.29 is 67.4 Å². The van der Waals surface area contributed by atoms with E-state index in [1.807, 2.05) is 71.9 Å². The van der Waals surface area contributed by atoms with Crippen molar-refractivity contribution in [3.8, 4) is 0 Å². The lowest BCUT2D eigenvalue weighted by Gasteiger charge is -2.41. The molecule has 1 aliphatic rings. The van der Waals surface area contributed by atoms with Crippen LogP contribution in [0.25, 0.3) is 0 Å². The molecule has 0 spiro atoms. The third-order valence-electron chi connectivity index (χ3n) is 17.6. The zero-order chi connectivity index (χ0) is 73.7. The summed E-state index contributed by atoms with van der Waals surface area (Å²) < 4.78 is 5.96. The summed E-state index contributed by atoms with van der Waals surface area (Å²) in [5.74, 6) is -10.3. The summed E-state index contributed by atoms with van der Waals surface area (Å²) in [5, 5.41) is 22.5. The monoisotopic (exact) mass is 1370 g/mol. The maximum absolute atomic E-state index is 15.3. The van der Waals surface area contributed by atoms with Crippen LogP contribution in [0.5, 0.6) is 0 Å². The van der Waals surface area contributed by atoms with Gasteiger partial charge in [-0.15, -0.1) is 0 Å². The molecule has 0 aromatic heterocycles. The van der Waals surface area contributed by atoms with Crippen LogP contribution in [0.1, 0.15) is 162 Å². The maximum Gasteiger partial charge on any atom is 0.368 e. The summed E-state index contributed by atoms with van der Waals surface area (Å²) in [7, 11) is 9.67. The molecule has 5 N–H and O–H groups in total. The van der Waals surface area contributed by atoms with Crippen molar-refractivity contribution in [1.82, 2.24) is 55.6 Å². The highest BCUT2D eigenvalue weighted by Crippen LogP contribution is 2.28. The number of hydrogen-bond donors (Lipinski definition) is 5. The number of hydrogen-bond acceptors (Lipinski definition) is 15. The number of nitrogens with one attached hydrogen (secondary N) is 4. The molecule has 1 aliphatic heterocycles.